The van der Waals surface area contributed by atoms with E-state index in [-0.39, 0.29) is 46.2 Å². The van der Waals surface area contributed by atoms with Crippen LogP contribution in [-0.2, 0) is 32.6 Å². The van der Waals surface area contributed by atoms with Crippen molar-refractivity contribution in [2.24, 2.45) is 0 Å². The molecule has 2 amide bonds. The van der Waals surface area contributed by atoms with Gasteiger partial charge in [-0.3, -0.25) is 24.0 Å². The third-order valence-electron chi connectivity index (χ3n) is 8.29. The van der Waals surface area contributed by atoms with Crippen molar-refractivity contribution in [3.63, 3.8) is 0 Å². The van der Waals surface area contributed by atoms with Gasteiger partial charge >= 0.3 is 0 Å². The third kappa shape index (κ3) is 8.52. The number of carbonyl (C=O) groups excluding carboxylic acids is 2. The maximum Gasteiger partial charge on any atom is 0.269 e. The number of carbonyl (C=O) groups is 2. The van der Waals surface area contributed by atoms with E-state index in [0.717, 1.165) is 35.6 Å². The molecule has 0 bridgehead atoms. The van der Waals surface area contributed by atoms with Gasteiger partial charge in [0.15, 0.2) is 0 Å². The molecule has 5 rings (SSSR count). The molecule has 0 saturated heterocycles. The lowest BCUT2D eigenvalue weighted by Gasteiger charge is -2.34. The summed E-state index contributed by atoms with van der Waals surface area (Å²) in [6.45, 7) is -0.827. The van der Waals surface area contributed by atoms with Gasteiger partial charge in [-0.05, 0) is 60.4 Å². The summed E-state index contributed by atoms with van der Waals surface area (Å²) in [5, 5.41) is 15.1. The van der Waals surface area contributed by atoms with E-state index in [2.05, 4.69) is 5.32 Å². The Balaban J connectivity index is 1.58. The van der Waals surface area contributed by atoms with E-state index in [4.69, 9.17) is 23.2 Å². The fourth-order valence-corrected chi connectivity index (χ4v) is 7.65. The van der Waals surface area contributed by atoms with Gasteiger partial charge in [0.05, 0.1) is 15.5 Å². The molecule has 1 atom stereocenters. The lowest BCUT2D eigenvalue weighted by atomic mass is 10.0. The number of nitrogens with zero attached hydrogens (tertiary/aromatic N) is 3. The average Bonchev–Trinajstić information content (AvgIpc) is 3.60. The van der Waals surface area contributed by atoms with Crippen LogP contribution in [0.3, 0.4) is 0 Å². The van der Waals surface area contributed by atoms with Gasteiger partial charge in [0.25, 0.3) is 15.7 Å². The van der Waals surface area contributed by atoms with E-state index in [1.54, 1.807) is 30.3 Å². The van der Waals surface area contributed by atoms with Crippen molar-refractivity contribution in [3.8, 4) is 0 Å². The van der Waals surface area contributed by atoms with E-state index in [1.807, 2.05) is 30.3 Å². The molecule has 0 radical (unpaired) electrons. The smallest absolute Gasteiger partial charge is 0.269 e. The molecule has 0 heterocycles. The molecule has 4 aromatic rings. The Bertz CT molecular complexity index is 1860. The van der Waals surface area contributed by atoms with Crippen LogP contribution in [0.25, 0.3) is 0 Å². The Morgan fingerprint density at radius 2 is 1.52 bits per heavy atom. The highest BCUT2D eigenvalue weighted by atomic mass is 35.5. The predicted molar refractivity (Wildman–Crippen MR) is 185 cm³/mol. The summed E-state index contributed by atoms with van der Waals surface area (Å²) in [5.74, 6) is -1.04. The second-order valence-corrected chi connectivity index (χ2v) is 14.3. The van der Waals surface area contributed by atoms with E-state index >= 15 is 0 Å². The summed E-state index contributed by atoms with van der Waals surface area (Å²) in [6, 6.07) is 25.5. The maximum atomic E-state index is 14.6. The molecule has 0 aliphatic heterocycles. The monoisotopic (exact) mass is 708 g/mol. The van der Waals surface area contributed by atoms with Crippen molar-refractivity contribution in [1.29, 1.82) is 0 Å². The molecule has 1 saturated carbocycles. The van der Waals surface area contributed by atoms with Crippen molar-refractivity contribution < 1.29 is 22.9 Å². The Hall–Kier alpha value is -4.45. The number of nitro benzene ring substituents is 1. The van der Waals surface area contributed by atoms with Gasteiger partial charge in [-0.2, -0.15) is 0 Å². The Labute approximate surface area is 289 Å². The number of non-ortho nitro benzene ring substituents is 1. The number of hydrogen-bond acceptors (Lipinski definition) is 6. The van der Waals surface area contributed by atoms with Gasteiger partial charge < -0.3 is 10.2 Å². The number of halogens is 2. The van der Waals surface area contributed by atoms with Crippen molar-refractivity contribution >= 4 is 56.4 Å². The molecule has 10 nitrogen and oxygen atoms in total. The van der Waals surface area contributed by atoms with Crippen molar-refractivity contribution in [1.82, 2.24) is 10.2 Å². The van der Waals surface area contributed by atoms with E-state index in [9.17, 15) is 28.1 Å². The van der Waals surface area contributed by atoms with Gasteiger partial charge in [-0.25, -0.2) is 8.42 Å². The molecule has 4 aromatic carbocycles. The minimum absolute atomic E-state index is 0.0392. The first-order chi connectivity index (χ1) is 23.0. The van der Waals surface area contributed by atoms with E-state index in [1.165, 1.54) is 47.4 Å². The van der Waals surface area contributed by atoms with Crippen LogP contribution < -0.4 is 9.62 Å². The normalized spacial score (nSPS) is 13.9. The van der Waals surface area contributed by atoms with E-state index in [0.29, 0.717) is 10.6 Å². The number of benzene rings is 4. The average molecular weight is 710 g/mol. The minimum atomic E-state index is -4.35. The molecule has 250 valence electrons. The number of sulfonamides is 1. The van der Waals surface area contributed by atoms with Crippen LogP contribution in [0.15, 0.2) is 108 Å². The fraction of sp³-hybridized carbons (Fsp3) is 0.257. The lowest BCUT2D eigenvalue weighted by Crippen LogP contribution is -2.54. The van der Waals surface area contributed by atoms with Gasteiger partial charge in [0.2, 0.25) is 11.8 Å². The van der Waals surface area contributed by atoms with Crippen molar-refractivity contribution in [3.05, 3.63) is 134 Å². The van der Waals surface area contributed by atoms with Crippen LogP contribution in [0, 0.1) is 10.1 Å². The molecule has 1 aliphatic carbocycles. The maximum absolute atomic E-state index is 14.6. The Morgan fingerprint density at radius 1 is 0.896 bits per heavy atom. The van der Waals surface area contributed by atoms with Gasteiger partial charge in [-0.1, -0.05) is 90.6 Å². The number of rotatable bonds is 13. The Kier molecular flexibility index (Phi) is 11.4. The van der Waals surface area contributed by atoms with Crippen LogP contribution >= 0.6 is 23.2 Å². The lowest BCUT2D eigenvalue weighted by molar-refractivity contribution is -0.384. The molecule has 0 unspecified atom stereocenters. The summed E-state index contributed by atoms with van der Waals surface area (Å²) in [5.41, 5.74) is 1.10. The zero-order valence-electron chi connectivity index (χ0n) is 25.9. The van der Waals surface area contributed by atoms with Gasteiger partial charge in [0.1, 0.15) is 12.6 Å². The first kappa shape index (κ1) is 34.9. The summed E-state index contributed by atoms with van der Waals surface area (Å²) in [6.07, 6.45) is 3.77. The van der Waals surface area contributed by atoms with Gasteiger partial charge in [0, 0.05) is 41.2 Å². The second kappa shape index (κ2) is 15.6. The SMILES string of the molecule is O=C(NC1CCCC1)[C@@H](Cc1ccccc1)N(Cc1ccc(Cl)cc1Cl)C(=O)CN(c1ccc([N+](=O)[O-])cc1)S(=O)(=O)c1ccccc1. The number of amides is 2. The van der Waals surface area contributed by atoms with Crippen LogP contribution in [0.4, 0.5) is 11.4 Å². The van der Waals surface area contributed by atoms with Crippen LogP contribution in [-0.4, -0.2) is 48.7 Å². The largest absolute Gasteiger partial charge is 0.352 e. The van der Waals surface area contributed by atoms with Crippen LogP contribution in [0.2, 0.25) is 10.0 Å². The molecule has 0 aromatic heterocycles. The summed E-state index contributed by atoms with van der Waals surface area (Å²) < 4.78 is 29.1. The number of hydrogen-bond donors (Lipinski definition) is 1. The summed E-state index contributed by atoms with van der Waals surface area (Å²) >= 11 is 12.7. The molecule has 1 fully saturated rings. The van der Waals surface area contributed by atoms with Gasteiger partial charge in [-0.15, -0.1) is 0 Å². The predicted octanol–water partition coefficient (Wildman–Crippen LogP) is 6.80. The standard InChI is InChI=1S/C35H34Cl2N4O6S/c36-27-16-15-26(32(37)22-27)23-39(33(21-25-9-3-1-4-10-25)35(43)38-28-11-7-8-12-28)34(42)24-40(29-17-19-30(20-18-29)41(44)45)48(46,47)31-13-5-2-6-14-31/h1-6,9-10,13-20,22,28,33H,7-8,11-12,21,23-24H2,(H,38,43)/t33-/m1/s1. The van der Waals surface area contributed by atoms with Crippen molar-refractivity contribution in [2.75, 3.05) is 10.8 Å². The molecule has 1 aliphatic rings. The molecular formula is C35H34Cl2N4O6S. The van der Waals surface area contributed by atoms with Crippen LogP contribution in [0.1, 0.15) is 36.8 Å². The zero-order chi connectivity index (χ0) is 34.3. The highest BCUT2D eigenvalue weighted by molar-refractivity contribution is 7.92. The molecule has 13 heteroatoms. The summed E-state index contributed by atoms with van der Waals surface area (Å²) in [4.78, 5) is 40.7. The number of anilines is 1. The highest BCUT2D eigenvalue weighted by Gasteiger charge is 2.36. The third-order valence-corrected chi connectivity index (χ3v) is 10.7. The number of nitro groups is 1. The van der Waals surface area contributed by atoms with E-state index < -0.39 is 33.4 Å². The van der Waals surface area contributed by atoms with Crippen LogP contribution in [0.5, 0.6) is 0 Å². The quantitative estimate of drug-likeness (QED) is 0.120. The minimum Gasteiger partial charge on any atom is -0.352 e. The fourth-order valence-electron chi connectivity index (χ4n) is 5.74. The Morgan fingerprint density at radius 3 is 2.12 bits per heavy atom. The molecule has 48 heavy (non-hydrogen) atoms. The molecular weight excluding hydrogens is 675 g/mol. The summed E-state index contributed by atoms with van der Waals surface area (Å²) in [7, 11) is -4.35. The highest BCUT2D eigenvalue weighted by Crippen LogP contribution is 2.29. The molecule has 1 N–H and O–H groups in total. The second-order valence-electron chi connectivity index (χ2n) is 11.6. The number of nitrogens with one attached hydrogen (secondary N) is 1. The molecule has 0 spiro atoms. The zero-order valence-corrected chi connectivity index (χ0v) is 28.2. The topological polar surface area (TPSA) is 130 Å². The van der Waals surface area contributed by atoms with Crippen molar-refractivity contribution in [2.45, 2.75) is 55.6 Å². The first-order valence-corrected chi connectivity index (χ1v) is 17.6. The first-order valence-electron chi connectivity index (χ1n) is 15.4.